The van der Waals surface area contributed by atoms with E-state index in [0.717, 1.165) is 6.54 Å². The van der Waals surface area contributed by atoms with E-state index in [4.69, 9.17) is 23.2 Å². The number of rotatable bonds is 3. The van der Waals surface area contributed by atoms with Crippen molar-refractivity contribution in [2.45, 2.75) is 6.92 Å². The maximum absolute atomic E-state index is 6.01. The molecular weight excluding hydrogens is 247 g/mol. The second kappa shape index (κ2) is 6.58. The van der Waals surface area contributed by atoms with Gasteiger partial charge < -0.3 is 5.32 Å². The Morgan fingerprint density at radius 2 is 1.94 bits per heavy atom. The molecule has 1 rings (SSSR count). The SMILES string of the molecule is CCNNC(=NC)Nc1c(Cl)cccc1Cl. The van der Waals surface area contributed by atoms with Crippen LogP contribution in [0.2, 0.25) is 10.0 Å². The van der Waals surface area contributed by atoms with E-state index in [1.54, 1.807) is 25.2 Å². The predicted octanol–water partition coefficient (Wildman–Crippen LogP) is 2.51. The minimum Gasteiger partial charge on any atom is -0.323 e. The number of para-hydroxylation sites is 1. The van der Waals surface area contributed by atoms with E-state index < -0.39 is 0 Å². The van der Waals surface area contributed by atoms with Crippen molar-refractivity contribution in [1.82, 2.24) is 10.9 Å². The van der Waals surface area contributed by atoms with Gasteiger partial charge in [-0.25, -0.2) is 5.43 Å². The quantitative estimate of drug-likeness (QED) is 0.445. The number of hydrogen-bond acceptors (Lipinski definition) is 2. The standard InChI is InChI=1S/C10H14Cl2N4/c1-3-14-16-10(13-2)15-9-7(11)5-4-6-8(9)12/h4-6,14H,3H2,1-2H3,(H2,13,15,16). The van der Waals surface area contributed by atoms with Gasteiger partial charge in [0.15, 0.2) is 0 Å². The Labute approximate surface area is 105 Å². The molecule has 4 nitrogen and oxygen atoms in total. The minimum absolute atomic E-state index is 0.548. The fourth-order valence-electron chi connectivity index (χ4n) is 1.05. The molecule has 0 saturated heterocycles. The van der Waals surface area contributed by atoms with E-state index >= 15 is 0 Å². The van der Waals surface area contributed by atoms with Crippen molar-refractivity contribution in [1.29, 1.82) is 0 Å². The average molecular weight is 261 g/mol. The van der Waals surface area contributed by atoms with Gasteiger partial charge in [0.05, 0.1) is 15.7 Å². The van der Waals surface area contributed by atoms with Crippen molar-refractivity contribution in [3.63, 3.8) is 0 Å². The van der Waals surface area contributed by atoms with Crippen molar-refractivity contribution >= 4 is 34.8 Å². The van der Waals surface area contributed by atoms with E-state index in [-0.39, 0.29) is 0 Å². The summed E-state index contributed by atoms with van der Waals surface area (Å²) in [6.07, 6.45) is 0. The summed E-state index contributed by atoms with van der Waals surface area (Å²) in [5.74, 6) is 0.553. The van der Waals surface area contributed by atoms with Crippen LogP contribution in [0.4, 0.5) is 5.69 Å². The molecule has 0 fully saturated rings. The smallest absolute Gasteiger partial charge is 0.210 e. The number of nitrogens with one attached hydrogen (secondary N) is 3. The monoisotopic (exact) mass is 260 g/mol. The van der Waals surface area contributed by atoms with Gasteiger partial charge in [-0.15, -0.1) is 0 Å². The Hall–Kier alpha value is -0.970. The van der Waals surface area contributed by atoms with Gasteiger partial charge in [-0.2, -0.15) is 0 Å². The zero-order valence-corrected chi connectivity index (χ0v) is 10.7. The van der Waals surface area contributed by atoms with Crippen LogP contribution in [0.5, 0.6) is 0 Å². The molecule has 0 bridgehead atoms. The highest BCUT2D eigenvalue weighted by Gasteiger charge is 2.06. The van der Waals surface area contributed by atoms with E-state index in [1.165, 1.54) is 0 Å². The lowest BCUT2D eigenvalue weighted by atomic mass is 10.3. The first-order valence-corrected chi connectivity index (χ1v) is 5.61. The number of nitrogens with zero attached hydrogens (tertiary/aromatic N) is 1. The van der Waals surface area contributed by atoms with Gasteiger partial charge in [0, 0.05) is 13.6 Å². The van der Waals surface area contributed by atoms with Crippen molar-refractivity contribution in [3.8, 4) is 0 Å². The summed E-state index contributed by atoms with van der Waals surface area (Å²) < 4.78 is 0. The molecule has 1 aromatic carbocycles. The molecule has 0 radical (unpaired) electrons. The number of halogens is 2. The molecule has 0 aromatic heterocycles. The third-order valence-electron chi connectivity index (χ3n) is 1.81. The van der Waals surface area contributed by atoms with Crippen LogP contribution in [0.15, 0.2) is 23.2 Å². The lowest BCUT2D eigenvalue weighted by Gasteiger charge is -2.13. The van der Waals surface area contributed by atoms with Gasteiger partial charge in [0.2, 0.25) is 5.96 Å². The summed E-state index contributed by atoms with van der Waals surface area (Å²) in [5.41, 5.74) is 6.46. The first kappa shape index (κ1) is 13.1. The first-order chi connectivity index (χ1) is 7.69. The molecule has 0 aliphatic heterocycles. The van der Waals surface area contributed by atoms with Crippen LogP contribution in [0, 0.1) is 0 Å². The first-order valence-electron chi connectivity index (χ1n) is 4.85. The highest BCUT2D eigenvalue weighted by molar-refractivity contribution is 6.39. The van der Waals surface area contributed by atoms with Crippen molar-refractivity contribution in [3.05, 3.63) is 28.2 Å². The Morgan fingerprint density at radius 3 is 2.44 bits per heavy atom. The van der Waals surface area contributed by atoms with Gasteiger partial charge in [-0.3, -0.25) is 10.4 Å². The van der Waals surface area contributed by atoms with Crippen molar-refractivity contribution in [2.24, 2.45) is 4.99 Å². The Morgan fingerprint density at radius 1 is 1.31 bits per heavy atom. The molecule has 1 aromatic rings. The second-order valence-electron chi connectivity index (χ2n) is 2.95. The largest absolute Gasteiger partial charge is 0.323 e. The van der Waals surface area contributed by atoms with Gasteiger partial charge in [0.25, 0.3) is 0 Å². The summed E-state index contributed by atoms with van der Waals surface area (Å²) >= 11 is 12.0. The summed E-state index contributed by atoms with van der Waals surface area (Å²) in [6, 6.07) is 5.31. The number of anilines is 1. The van der Waals surface area contributed by atoms with Crippen LogP contribution in [0.25, 0.3) is 0 Å². The highest BCUT2D eigenvalue weighted by Crippen LogP contribution is 2.29. The van der Waals surface area contributed by atoms with Crippen LogP contribution in [0.1, 0.15) is 6.92 Å². The fraction of sp³-hybridized carbons (Fsp3) is 0.300. The summed E-state index contributed by atoms with van der Waals surface area (Å²) in [6.45, 7) is 2.75. The van der Waals surface area contributed by atoms with Crippen molar-refractivity contribution in [2.75, 3.05) is 18.9 Å². The molecule has 0 amide bonds. The van der Waals surface area contributed by atoms with Crippen LogP contribution >= 0.6 is 23.2 Å². The molecule has 6 heteroatoms. The van der Waals surface area contributed by atoms with Gasteiger partial charge in [0.1, 0.15) is 0 Å². The normalized spacial score (nSPS) is 11.4. The summed E-state index contributed by atoms with van der Waals surface area (Å²) in [5, 5.41) is 4.11. The van der Waals surface area contributed by atoms with Crippen LogP contribution in [0.3, 0.4) is 0 Å². The maximum Gasteiger partial charge on any atom is 0.210 e. The molecule has 0 aliphatic carbocycles. The average Bonchev–Trinajstić information content (AvgIpc) is 2.28. The summed E-state index contributed by atoms with van der Waals surface area (Å²) in [7, 11) is 1.66. The third-order valence-corrected chi connectivity index (χ3v) is 2.44. The Bertz CT molecular complexity index is 359. The molecule has 0 atom stereocenters. The molecule has 0 unspecified atom stereocenters. The Kier molecular flexibility index (Phi) is 5.38. The Balaban J connectivity index is 2.78. The van der Waals surface area contributed by atoms with E-state index in [0.29, 0.717) is 21.7 Å². The maximum atomic E-state index is 6.01. The zero-order valence-electron chi connectivity index (χ0n) is 9.14. The van der Waals surface area contributed by atoms with Crippen LogP contribution in [-0.2, 0) is 0 Å². The lowest BCUT2D eigenvalue weighted by Crippen LogP contribution is -2.41. The van der Waals surface area contributed by atoms with Crippen LogP contribution < -0.4 is 16.2 Å². The van der Waals surface area contributed by atoms with Gasteiger partial charge >= 0.3 is 0 Å². The molecule has 0 saturated carbocycles. The predicted molar refractivity (Wildman–Crippen MR) is 70.3 cm³/mol. The second-order valence-corrected chi connectivity index (χ2v) is 3.76. The zero-order chi connectivity index (χ0) is 12.0. The molecular formula is C10H14Cl2N4. The minimum atomic E-state index is 0.548. The highest BCUT2D eigenvalue weighted by atomic mass is 35.5. The van der Waals surface area contributed by atoms with E-state index in [2.05, 4.69) is 21.2 Å². The molecule has 0 spiro atoms. The molecule has 0 aliphatic rings. The fourth-order valence-corrected chi connectivity index (χ4v) is 1.54. The topological polar surface area (TPSA) is 48.5 Å². The van der Waals surface area contributed by atoms with Crippen molar-refractivity contribution < 1.29 is 0 Å². The summed E-state index contributed by atoms with van der Waals surface area (Å²) in [4.78, 5) is 4.02. The van der Waals surface area contributed by atoms with E-state index in [1.807, 2.05) is 6.92 Å². The number of benzene rings is 1. The third kappa shape index (κ3) is 3.56. The van der Waals surface area contributed by atoms with Gasteiger partial charge in [-0.05, 0) is 12.1 Å². The van der Waals surface area contributed by atoms with Crippen LogP contribution in [-0.4, -0.2) is 19.6 Å². The lowest BCUT2D eigenvalue weighted by molar-refractivity contribution is 0.683. The van der Waals surface area contributed by atoms with E-state index in [9.17, 15) is 0 Å². The molecule has 0 heterocycles. The molecule has 88 valence electrons. The molecule has 3 N–H and O–H groups in total. The number of hydrazine groups is 1. The van der Waals surface area contributed by atoms with Gasteiger partial charge in [-0.1, -0.05) is 36.2 Å². The number of hydrogen-bond donors (Lipinski definition) is 3. The number of guanidine groups is 1. The number of aliphatic imine (C=N–C) groups is 1. The molecule has 16 heavy (non-hydrogen) atoms.